The van der Waals surface area contributed by atoms with Crippen molar-refractivity contribution in [1.82, 2.24) is 20.4 Å². The van der Waals surface area contributed by atoms with Crippen molar-refractivity contribution < 1.29 is 0 Å². The minimum Gasteiger partial charge on any atom is -0.357 e. The predicted molar refractivity (Wildman–Crippen MR) is 124 cm³/mol. The molecule has 7 heteroatoms. The Labute approximate surface area is 178 Å². The van der Waals surface area contributed by atoms with Crippen LogP contribution in [0.1, 0.15) is 25.3 Å². The van der Waals surface area contributed by atoms with Gasteiger partial charge in [-0.3, -0.25) is 4.99 Å². The van der Waals surface area contributed by atoms with Gasteiger partial charge in [0.25, 0.3) is 0 Å². The Morgan fingerprint density at radius 2 is 2.00 bits per heavy atom. The van der Waals surface area contributed by atoms with Crippen LogP contribution in [0.2, 0.25) is 0 Å². The molecule has 0 saturated carbocycles. The van der Waals surface area contributed by atoms with E-state index in [-0.39, 0.29) is 24.0 Å². The second-order valence-corrected chi connectivity index (χ2v) is 6.75. The second-order valence-electron chi connectivity index (χ2n) is 5.77. The number of guanidine groups is 1. The molecule has 2 aromatic rings. The highest BCUT2D eigenvalue weighted by Gasteiger charge is 2.02. The summed E-state index contributed by atoms with van der Waals surface area (Å²) in [4.78, 5) is 4.63. The van der Waals surface area contributed by atoms with E-state index < -0.39 is 0 Å². The maximum Gasteiger partial charge on any atom is 0.191 e. The zero-order valence-electron chi connectivity index (χ0n) is 15.6. The summed E-state index contributed by atoms with van der Waals surface area (Å²) in [6.07, 6.45) is 9.45. The molecule has 0 aliphatic carbocycles. The SMILES string of the molecule is CCNC(=NCCCCSC)NCCc1cnn(-c2ccccc2)c1.I. The number of rotatable bonds is 10. The first-order valence-corrected chi connectivity index (χ1v) is 10.3. The molecule has 0 bridgehead atoms. The average molecular weight is 487 g/mol. The van der Waals surface area contributed by atoms with Crippen LogP contribution in [0.15, 0.2) is 47.7 Å². The third kappa shape index (κ3) is 8.44. The second kappa shape index (κ2) is 13.9. The quantitative estimate of drug-likeness (QED) is 0.232. The molecule has 1 aromatic carbocycles. The van der Waals surface area contributed by atoms with Crippen molar-refractivity contribution in [2.24, 2.45) is 4.99 Å². The van der Waals surface area contributed by atoms with Gasteiger partial charge < -0.3 is 10.6 Å². The highest BCUT2D eigenvalue weighted by Crippen LogP contribution is 2.07. The Hall–Kier alpha value is -1.22. The van der Waals surface area contributed by atoms with Crippen LogP contribution < -0.4 is 10.6 Å². The molecule has 0 radical (unpaired) electrons. The molecule has 0 aliphatic heterocycles. The lowest BCUT2D eigenvalue weighted by Crippen LogP contribution is -2.38. The molecule has 0 saturated heterocycles. The van der Waals surface area contributed by atoms with E-state index in [1.165, 1.54) is 17.7 Å². The Morgan fingerprint density at radius 3 is 2.73 bits per heavy atom. The van der Waals surface area contributed by atoms with E-state index in [0.717, 1.165) is 44.1 Å². The van der Waals surface area contributed by atoms with Gasteiger partial charge >= 0.3 is 0 Å². The van der Waals surface area contributed by atoms with Gasteiger partial charge in [-0.05, 0) is 55.9 Å². The van der Waals surface area contributed by atoms with Gasteiger partial charge in [-0.25, -0.2) is 4.68 Å². The van der Waals surface area contributed by atoms with Crippen molar-refractivity contribution in [3.63, 3.8) is 0 Å². The van der Waals surface area contributed by atoms with E-state index in [1.807, 2.05) is 40.8 Å². The number of unbranched alkanes of at least 4 members (excludes halogenated alkanes) is 1. The molecular formula is C19H30IN5S. The summed E-state index contributed by atoms with van der Waals surface area (Å²) < 4.78 is 1.92. The topological polar surface area (TPSA) is 54.2 Å². The fourth-order valence-electron chi connectivity index (χ4n) is 2.43. The molecule has 1 heterocycles. The molecule has 144 valence electrons. The molecule has 1 aromatic heterocycles. The van der Waals surface area contributed by atoms with Gasteiger partial charge in [-0.2, -0.15) is 16.9 Å². The van der Waals surface area contributed by atoms with Crippen molar-refractivity contribution in [3.05, 3.63) is 48.3 Å². The van der Waals surface area contributed by atoms with E-state index in [9.17, 15) is 0 Å². The Bertz CT molecular complexity index is 630. The maximum absolute atomic E-state index is 4.63. The Morgan fingerprint density at radius 1 is 1.19 bits per heavy atom. The number of nitrogens with one attached hydrogen (secondary N) is 2. The van der Waals surface area contributed by atoms with E-state index in [1.54, 1.807) is 0 Å². The first-order chi connectivity index (χ1) is 12.3. The molecular weight excluding hydrogens is 457 g/mol. The fraction of sp³-hybridized carbons (Fsp3) is 0.474. The third-order valence-electron chi connectivity index (χ3n) is 3.73. The fourth-order valence-corrected chi connectivity index (χ4v) is 2.92. The molecule has 0 spiro atoms. The molecule has 0 amide bonds. The Kier molecular flexibility index (Phi) is 12.2. The van der Waals surface area contributed by atoms with Crippen LogP contribution in [0.5, 0.6) is 0 Å². The Balaban J connectivity index is 0.00000338. The first kappa shape index (κ1) is 22.8. The van der Waals surface area contributed by atoms with E-state index in [2.05, 4.69) is 52.2 Å². The molecule has 0 fully saturated rings. The summed E-state index contributed by atoms with van der Waals surface area (Å²) in [5, 5.41) is 11.1. The lowest BCUT2D eigenvalue weighted by atomic mass is 10.2. The number of thioether (sulfide) groups is 1. The average Bonchev–Trinajstić information content (AvgIpc) is 3.11. The molecule has 2 rings (SSSR count). The van der Waals surface area contributed by atoms with Crippen LogP contribution in [0.25, 0.3) is 5.69 Å². The van der Waals surface area contributed by atoms with E-state index in [4.69, 9.17) is 0 Å². The van der Waals surface area contributed by atoms with E-state index >= 15 is 0 Å². The molecule has 2 N–H and O–H groups in total. The molecule has 0 aliphatic rings. The van der Waals surface area contributed by atoms with Gasteiger partial charge in [-0.15, -0.1) is 24.0 Å². The highest BCUT2D eigenvalue weighted by molar-refractivity contribution is 14.0. The number of hydrogen-bond acceptors (Lipinski definition) is 3. The number of aromatic nitrogens is 2. The lowest BCUT2D eigenvalue weighted by molar-refractivity contribution is 0.770. The zero-order valence-corrected chi connectivity index (χ0v) is 18.8. The van der Waals surface area contributed by atoms with Crippen LogP contribution in [0.3, 0.4) is 0 Å². The number of aliphatic imine (C=N–C) groups is 1. The molecule has 0 unspecified atom stereocenters. The molecule has 0 atom stereocenters. The van der Waals surface area contributed by atoms with Gasteiger partial charge in [-0.1, -0.05) is 18.2 Å². The van der Waals surface area contributed by atoms with Crippen molar-refractivity contribution in [1.29, 1.82) is 0 Å². The van der Waals surface area contributed by atoms with Crippen LogP contribution >= 0.6 is 35.7 Å². The summed E-state index contributed by atoms with van der Waals surface area (Å²) in [7, 11) is 0. The van der Waals surface area contributed by atoms with Crippen LogP contribution in [-0.2, 0) is 6.42 Å². The van der Waals surface area contributed by atoms with E-state index in [0.29, 0.717) is 0 Å². The van der Waals surface area contributed by atoms with Gasteiger partial charge in [0, 0.05) is 25.8 Å². The number of benzene rings is 1. The molecule has 26 heavy (non-hydrogen) atoms. The first-order valence-electron chi connectivity index (χ1n) is 8.93. The smallest absolute Gasteiger partial charge is 0.191 e. The predicted octanol–water partition coefficient (Wildman–Crippen LogP) is 3.73. The molecule has 5 nitrogen and oxygen atoms in total. The summed E-state index contributed by atoms with van der Waals surface area (Å²) in [6.45, 7) is 4.69. The van der Waals surface area contributed by atoms with Crippen molar-refractivity contribution in [3.8, 4) is 5.69 Å². The summed E-state index contributed by atoms with van der Waals surface area (Å²) in [6, 6.07) is 10.2. The monoisotopic (exact) mass is 487 g/mol. The third-order valence-corrected chi connectivity index (χ3v) is 4.43. The summed E-state index contributed by atoms with van der Waals surface area (Å²) in [5.74, 6) is 2.12. The van der Waals surface area contributed by atoms with Crippen molar-refractivity contribution in [2.75, 3.05) is 31.6 Å². The van der Waals surface area contributed by atoms with Gasteiger partial charge in [0.1, 0.15) is 0 Å². The number of halogens is 1. The minimum absolute atomic E-state index is 0. The largest absolute Gasteiger partial charge is 0.357 e. The lowest BCUT2D eigenvalue weighted by Gasteiger charge is -2.10. The normalized spacial score (nSPS) is 11.1. The van der Waals surface area contributed by atoms with Crippen LogP contribution in [0, 0.1) is 0 Å². The van der Waals surface area contributed by atoms with Gasteiger partial charge in [0.15, 0.2) is 5.96 Å². The minimum atomic E-state index is 0. The number of para-hydroxylation sites is 1. The van der Waals surface area contributed by atoms with Crippen molar-refractivity contribution in [2.45, 2.75) is 26.2 Å². The van der Waals surface area contributed by atoms with Gasteiger partial charge in [0.2, 0.25) is 0 Å². The van der Waals surface area contributed by atoms with Crippen LogP contribution in [0.4, 0.5) is 0 Å². The number of hydrogen-bond donors (Lipinski definition) is 2. The number of nitrogens with zero attached hydrogens (tertiary/aromatic N) is 3. The standard InChI is InChI=1S/C19H29N5S.HI/c1-3-20-19(21-12-7-8-14-25-2)22-13-11-17-15-23-24(16-17)18-9-5-4-6-10-18;/h4-6,9-10,15-16H,3,7-8,11-14H2,1-2H3,(H2,20,21,22);1H. The van der Waals surface area contributed by atoms with Crippen LogP contribution in [-0.4, -0.2) is 47.4 Å². The summed E-state index contributed by atoms with van der Waals surface area (Å²) in [5.41, 5.74) is 2.30. The maximum atomic E-state index is 4.63. The van der Waals surface area contributed by atoms with Gasteiger partial charge in [0.05, 0.1) is 11.9 Å². The van der Waals surface area contributed by atoms with Crippen molar-refractivity contribution >= 4 is 41.7 Å². The summed E-state index contributed by atoms with van der Waals surface area (Å²) >= 11 is 1.89. The highest BCUT2D eigenvalue weighted by atomic mass is 127. The zero-order chi connectivity index (χ0) is 17.7.